The van der Waals surface area contributed by atoms with Crippen LogP contribution in [-0.4, -0.2) is 12.1 Å². The van der Waals surface area contributed by atoms with Crippen LogP contribution in [0.5, 0.6) is 0 Å². The molecule has 0 aromatic carbocycles. The highest BCUT2D eigenvalue weighted by Crippen LogP contribution is 2.16. The standard InChI is InChI=1S/C9H19N/c1-3-8-6-5-7-9(4-2)10-8/h8-10H,3-7H2,1-2H3/t8-,9?/m0/s1. The molecule has 0 radical (unpaired) electrons. The minimum atomic E-state index is 0.818. The molecule has 1 heteroatoms. The Morgan fingerprint density at radius 1 is 1.10 bits per heavy atom. The van der Waals surface area contributed by atoms with E-state index < -0.39 is 0 Å². The van der Waals surface area contributed by atoms with Crippen LogP contribution in [0.2, 0.25) is 0 Å². The quantitative estimate of drug-likeness (QED) is 0.622. The highest BCUT2D eigenvalue weighted by Gasteiger charge is 2.17. The summed E-state index contributed by atoms with van der Waals surface area (Å²) in [5, 5.41) is 3.65. The highest BCUT2D eigenvalue weighted by atomic mass is 15.0. The van der Waals surface area contributed by atoms with Gasteiger partial charge in [-0.3, -0.25) is 0 Å². The minimum absolute atomic E-state index is 0.818. The number of nitrogens with one attached hydrogen (secondary N) is 1. The van der Waals surface area contributed by atoms with Gasteiger partial charge in [0.15, 0.2) is 0 Å². The number of piperidine rings is 1. The van der Waals surface area contributed by atoms with Crippen LogP contribution in [0, 0.1) is 0 Å². The molecule has 1 fully saturated rings. The van der Waals surface area contributed by atoms with Gasteiger partial charge in [-0.15, -0.1) is 0 Å². The van der Waals surface area contributed by atoms with E-state index in [0.717, 1.165) is 12.1 Å². The van der Waals surface area contributed by atoms with Crippen molar-refractivity contribution in [3.63, 3.8) is 0 Å². The lowest BCUT2D eigenvalue weighted by Gasteiger charge is -2.29. The molecule has 1 heterocycles. The molecule has 1 N–H and O–H groups in total. The van der Waals surface area contributed by atoms with Gasteiger partial charge in [-0.25, -0.2) is 0 Å². The van der Waals surface area contributed by atoms with Crippen molar-refractivity contribution >= 4 is 0 Å². The van der Waals surface area contributed by atoms with Crippen molar-refractivity contribution in [2.24, 2.45) is 0 Å². The summed E-state index contributed by atoms with van der Waals surface area (Å²) in [6, 6.07) is 1.64. The van der Waals surface area contributed by atoms with Gasteiger partial charge >= 0.3 is 0 Å². The first kappa shape index (κ1) is 8.06. The fraction of sp³-hybridized carbons (Fsp3) is 1.00. The zero-order chi connectivity index (χ0) is 7.40. The molecule has 0 spiro atoms. The molecule has 0 saturated carbocycles. The molecule has 0 aromatic heterocycles. The molecule has 0 aromatic rings. The molecule has 1 nitrogen and oxygen atoms in total. The smallest absolute Gasteiger partial charge is 0.00670 e. The zero-order valence-corrected chi connectivity index (χ0v) is 7.19. The summed E-state index contributed by atoms with van der Waals surface area (Å²) in [6.45, 7) is 4.55. The van der Waals surface area contributed by atoms with Crippen LogP contribution >= 0.6 is 0 Å². The number of hydrogen-bond acceptors (Lipinski definition) is 1. The topological polar surface area (TPSA) is 12.0 Å². The van der Waals surface area contributed by atoms with Crippen LogP contribution in [0.4, 0.5) is 0 Å². The van der Waals surface area contributed by atoms with Crippen LogP contribution in [0.3, 0.4) is 0 Å². The summed E-state index contributed by atoms with van der Waals surface area (Å²) >= 11 is 0. The van der Waals surface area contributed by atoms with E-state index in [2.05, 4.69) is 19.2 Å². The predicted molar refractivity (Wildman–Crippen MR) is 45.1 cm³/mol. The first-order valence-electron chi connectivity index (χ1n) is 4.62. The molecule has 0 aliphatic carbocycles. The molecule has 1 aliphatic heterocycles. The molecular weight excluding hydrogens is 122 g/mol. The van der Waals surface area contributed by atoms with Crippen molar-refractivity contribution in [2.75, 3.05) is 0 Å². The fourth-order valence-electron chi connectivity index (χ4n) is 1.75. The van der Waals surface area contributed by atoms with Crippen LogP contribution in [0.1, 0.15) is 46.0 Å². The summed E-state index contributed by atoms with van der Waals surface area (Å²) in [4.78, 5) is 0. The van der Waals surface area contributed by atoms with Gasteiger partial charge in [0.25, 0.3) is 0 Å². The second kappa shape index (κ2) is 3.97. The molecule has 1 unspecified atom stereocenters. The number of hydrogen-bond donors (Lipinski definition) is 1. The van der Waals surface area contributed by atoms with E-state index in [9.17, 15) is 0 Å². The highest BCUT2D eigenvalue weighted by molar-refractivity contribution is 4.78. The molecule has 2 atom stereocenters. The molecule has 10 heavy (non-hydrogen) atoms. The Hall–Kier alpha value is -0.0400. The molecular formula is C9H19N. The Labute approximate surface area is 64.2 Å². The third-order valence-electron chi connectivity index (χ3n) is 2.56. The molecule has 1 rings (SSSR count). The van der Waals surface area contributed by atoms with Gasteiger partial charge in [0, 0.05) is 12.1 Å². The average Bonchev–Trinajstić information content (AvgIpc) is 2.05. The molecule has 0 bridgehead atoms. The van der Waals surface area contributed by atoms with E-state index in [0.29, 0.717) is 0 Å². The van der Waals surface area contributed by atoms with Gasteiger partial charge in [-0.05, 0) is 25.7 Å². The van der Waals surface area contributed by atoms with E-state index in [1.54, 1.807) is 0 Å². The Morgan fingerprint density at radius 2 is 1.60 bits per heavy atom. The van der Waals surface area contributed by atoms with Gasteiger partial charge in [0.05, 0.1) is 0 Å². The van der Waals surface area contributed by atoms with Gasteiger partial charge in [-0.2, -0.15) is 0 Å². The Bertz CT molecular complexity index is 80.7. The summed E-state index contributed by atoms with van der Waals surface area (Å²) in [5.74, 6) is 0. The first-order chi connectivity index (χ1) is 4.86. The van der Waals surface area contributed by atoms with Crippen molar-refractivity contribution in [2.45, 2.75) is 58.0 Å². The summed E-state index contributed by atoms with van der Waals surface area (Å²) in [7, 11) is 0. The average molecular weight is 141 g/mol. The third-order valence-corrected chi connectivity index (χ3v) is 2.56. The Kier molecular flexibility index (Phi) is 3.20. The van der Waals surface area contributed by atoms with Crippen molar-refractivity contribution in [3.05, 3.63) is 0 Å². The fourth-order valence-corrected chi connectivity index (χ4v) is 1.75. The van der Waals surface area contributed by atoms with Crippen molar-refractivity contribution in [1.82, 2.24) is 5.32 Å². The zero-order valence-electron chi connectivity index (χ0n) is 7.19. The van der Waals surface area contributed by atoms with Crippen LogP contribution < -0.4 is 5.32 Å². The Morgan fingerprint density at radius 3 is 2.00 bits per heavy atom. The maximum atomic E-state index is 3.65. The second-order valence-corrected chi connectivity index (χ2v) is 3.31. The Balaban J connectivity index is 2.25. The van der Waals surface area contributed by atoms with Gasteiger partial charge in [0.1, 0.15) is 0 Å². The lowest BCUT2D eigenvalue weighted by atomic mass is 9.96. The minimum Gasteiger partial charge on any atom is -0.311 e. The van der Waals surface area contributed by atoms with Crippen molar-refractivity contribution in [1.29, 1.82) is 0 Å². The normalized spacial score (nSPS) is 34.2. The summed E-state index contributed by atoms with van der Waals surface area (Å²) in [6.07, 6.45) is 6.83. The van der Waals surface area contributed by atoms with Crippen LogP contribution in [-0.2, 0) is 0 Å². The van der Waals surface area contributed by atoms with Gasteiger partial charge in [-0.1, -0.05) is 20.3 Å². The van der Waals surface area contributed by atoms with Gasteiger partial charge in [0.2, 0.25) is 0 Å². The molecule has 1 saturated heterocycles. The third kappa shape index (κ3) is 1.98. The monoisotopic (exact) mass is 141 g/mol. The lowest BCUT2D eigenvalue weighted by molar-refractivity contribution is 0.308. The maximum Gasteiger partial charge on any atom is 0.00670 e. The van der Waals surface area contributed by atoms with E-state index in [-0.39, 0.29) is 0 Å². The number of rotatable bonds is 2. The van der Waals surface area contributed by atoms with Crippen molar-refractivity contribution in [3.8, 4) is 0 Å². The molecule has 1 aliphatic rings. The molecule has 60 valence electrons. The van der Waals surface area contributed by atoms with Crippen LogP contribution in [0.25, 0.3) is 0 Å². The SMILES string of the molecule is CCC1CCC[C@H](CC)N1. The predicted octanol–water partition coefficient (Wildman–Crippen LogP) is 2.32. The maximum absolute atomic E-state index is 3.65. The van der Waals surface area contributed by atoms with E-state index in [4.69, 9.17) is 0 Å². The van der Waals surface area contributed by atoms with Gasteiger partial charge < -0.3 is 5.32 Å². The van der Waals surface area contributed by atoms with E-state index >= 15 is 0 Å². The van der Waals surface area contributed by atoms with Crippen LogP contribution in [0.15, 0.2) is 0 Å². The second-order valence-electron chi connectivity index (χ2n) is 3.31. The first-order valence-corrected chi connectivity index (χ1v) is 4.62. The largest absolute Gasteiger partial charge is 0.311 e. The van der Waals surface area contributed by atoms with E-state index in [1.165, 1.54) is 32.1 Å². The van der Waals surface area contributed by atoms with E-state index in [1.807, 2.05) is 0 Å². The summed E-state index contributed by atoms with van der Waals surface area (Å²) < 4.78 is 0. The lowest BCUT2D eigenvalue weighted by Crippen LogP contribution is -2.41. The van der Waals surface area contributed by atoms with Crippen molar-refractivity contribution < 1.29 is 0 Å². The summed E-state index contributed by atoms with van der Waals surface area (Å²) in [5.41, 5.74) is 0. The molecule has 0 amide bonds.